The van der Waals surface area contributed by atoms with Crippen LogP contribution in [0.4, 0.5) is 0 Å². The average molecular weight is 491 g/mol. The molecule has 2 heterocycles. The standard InChI is InChI=1S/C23H26N2O4S3/c1-27-16-5-7-17(8-6-16)31-12-3-4-22(26)24-23-25(9-13-30-2)18-14-19-20(15-21(18)32-23)29-11-10-28-19/h5-8,14-15H,3-4,9-13H2,1-2H3. The van der Waals surface area contributed by atoms with Crippen LogP contribution in [0.25, 0.3) is 10.2 Å². The van der Waals surface area contributed by atoms with Gasteiger partial charge in [-0.25, -0.2) is 0 Å². The molecule has 0 fully saturated rings. The summed E-state index contributed by atoms with van der Waals surface area (Å²) in [6.07, 6.45) is 3.30. The van der Waals surface area contributed by atoms with E-state index >= 15 is 0 Å². The first-order valence-corrected chi connectivity index (χ1v) is 13.6. The summed E-state index contributed by atoms with van der Waals surface area (Å²) in [6, 6.07) is 12.0. The van der Waals surface area contributed by atoms with Crippen molar-refractivity contribution in [3.63, 3.8) is 0 Å². The molecule has 32 heavy (non-hydrogen) atoms. The van der Waals surface area contributed by atoms with E-state index in [0.717, 1.165) is 56.7 Å². The second kappa shape index (κ2) is 11.2. The van der Waals surface area contributed by atoms with Crippen molar-refractivity contribution in [1.82, 2.24) is 4.57 Å². The Morgan fingerprint density at radius 2 is 1.91 bits per heavy atom. The first kappa shape index (κ1) is 23.1. The molecule has 0 saturated carbocycles. The maximum absolute atomic E-state index is 12.6. The Morgan fingerprint density at radius 3 is 2.62 bits per heavy atom. The van der Waals surface area contributed by atoms with Gasteiger partial charge in [0.05, 0.1) is 17.3 Å². The first-order valence-electron chi connectivity index (χ1n) is 10.4. The van der Waals surface area contributed by atoms with E-state index in [2.05, 4.69) is 15.8 Å². The zero-order valence-electron chi connectivity index (χ0n) is 18.2. The summed E-state index contributed by atoms with van der Waals surface area (Å²) >= 11 is 5.04. The van der Waals surface area contributed by atoms with Crippen LogP contribution in [0.2, 0.25) is 0 Å². The molecule has 0 N–H and O–H groups in total. The van der Waals surface area contributed by atoms with Crippen LogP contribution in [-0.4, -0.2) is 48.6 Å². The summed E-state index contributed by atoms with van der Waals surface area (Å²) in [5, 5.41) is 0. The number of amides is 1. The van der Waals surface area contributed by atoms with Crippen LogP contribution in [0.3, 0.4) is 0 Å². The van der Waals surface area contributed by atoms with E-state index in [9.17, 15) is 4.79 Å². The van der Waals surface area contributed by atoms with Crippen LogP contribution in [0.1, 0.15) is 12.8 Å². The summed E-state index contributed by atoms with van der Waals surface area (Å²) in [5.74, 6) is 4.10. The highest BCUT2D eigenvalue weighted by atomic mass is 32.2. The number of aryl methyl sites for hydroxylation is 1. The number of ether oxygens (including phenoxy) is 3. The van der Waals surface area contributed by atoms with E-state index in [4.69, 9.17) is 14.2 Å². The van der Waals surface area contributed by atoms with Crippen LogP contribution in [-0.2, 0) is 11.3 Å². The van der Waals surface area contributed by atoms with Crippen LogP contribution in [0.5, 0.6) is 17.2 Å². The van der Waals surface area contributed by atoms with Gasteiger partial charge in [0.25, 0.3) is 0 Å². The number of nitrogens with zero attached hydrogens (tertiary/aromatic N) is 2. The van der Waals surface area contributed by atoms with Crippen molar-refractivity contribution in [3.8, 4) is 17.2 Å². The van der Waals surface area contributed by atoms with Gasteiger partial charge in [-0.3, -0.25) is 4.79 Å². The Morgan fingerprint density at radius 1 is 1.16 bits per heavy atom. The average Bonchev–Trinajstić information content (AvgIpc) is 3.14. The molecule has 170 valence electrons. The highest BCUT2D eigenvalue weighted by molar-refractivity contribution is 7.99. The smallest absolute Gasteiger partial charge is 0.248 e. The molecule has 9 heteroatoms. The summed E-state index contributed by atoms with van der Waals surface area (Å²) in [6.45, 7) is 1.90. The van der Waals surface area contributed by atoms with E-state index < -0.39 is 0 Å². The van der Waals surface area contributed by atoms with E-state index in [1.807, 2.05) is 36.4 Å². The third kappa shape index (κ3) is 5.63. The number of carbonyl (C=O) groups excluding carboxylic acids is 1. The molecule has 3 aromatic rings. The van der Waals surface area contributed by atoms with Gasteiger partial charge in [-0.05, 0) is 42.7 Å². The number of rotatable bonds is 9. The number of aromatic nitrogens is 1. The summed E-state index contributed by atoms with van der Waals surface area (Å²) < 4.78 is 19.8. The lowest BCUT2D eigenvalue weighted by Gasteiger charge is -2.18. The van der Waals surface area contributed by atoms with Crippen LogP contribution < -0.4 is 19.0 Å². The van der Waals surface area contributed by atoms with E-state index in [0.29, 0.717) is 19.6 Å². The van der Waals surface area contributed by atoms with Crippen molar-refractivity contribution >= 4 is 51.0 Å². The fourth-order valence-electron chi connectivity index (χ4n) is 3.34. The largest absolute Gasteiger partial charge is 0.497 e. The number of hydrogen-bond acceptors (Lipinski definition) is 7. The molecular weight excluding hydrogens is 464 g/mol. The Labute approximate surface area is 200 Å². The molecule has 0 radical (unpaired) electrons. The lowest BCUT2D eigenvalue weighted by Crippen LogP contribution is -2.18. The van der Waals surface area contributed by atoms with Crippen LogP contribution >= 0.6 is 34.9 Å². The van der Waals surface area contributed by atoms with Gasteiger partial charge in [-0.2, -0.15) is 16.8 Å². The zero-order chi connectivity index (χ0) is 22.3. The Kier molecular flexibility index (Phi) is 8.05. The quantitative estimate of drug-likeness (QED) is 0.316. The van der Waals surface area contributed by atoms with Gasteiger partial charge in [0.1, 0.15) is 19.0 Å². The summed E-state index contributed by atoms with van der Waals surface area (Å²) in [7, 11) is 1.66. The lowest BCUT2D eigenvalue weighted by molar-refractivity contribution is -0.118. The first-order chi connectivity index (χ1) is 15.7. The van der Waals surface area contributed by atoms with Crippen molar-refractivity contribution < 1.29 is 19.0 Å². The molecule has 2 aromatic carbocycles. The number of carbonyl (C=O) groups is 1. The molecule has 1 aliphatic rings. The minimum absolute atomic E-state index is 0.0814. The van der Waals surface area contributed by atoms with E-state index in [1.165, 1.54) is 16.2 Å². The molecule has 1 aliphatic heterocycles. The SMILES string of the molecule is COc1ccc(SCCCC(=O)N=c2sc3cc4c(cc3n2CCSC)OCCO4)cc1. The molecule has 1 amide bonds. The number of benzene rings is 2. The van der Waals surface area contributed by atoms with Gasteiger partial charge in [-0.15, -0.1) is 11.8 Å². The minimum atomic E-state index is -0.0814. The molecule has 6 nitrogen and oxygen atoms in total. The normalized spacial score (nSPS) is 13.5. The van der Waals surface area contributed by atoms with Crippen molar-refractivity contribution in [1.29, 1.82) is 0 Å². The Balaban J connectivity index is 1.45. The topological polar surface area (TPSA) is 62.0 Å². The van der Waals surface area contributed by atoms with Crippen molar-refractivity contribution in [2.24, 2.45) is 4.99 Å². The van der Waals surface area contributed by atoms with Crippen molar-refractivity contribution in [2.45, 2.75) is 24.3 Å². The molecule has 0 unspecified atom stereocenters. The number of thioether (sulfide) groups is 2. The maximum Gasteiger partial charge on any atom is 0.248 e. The predicted molar refractivity (Wildman–Crippen MR) is 133 cm³/mol. The summed E-state index contributed by atoms with van der Waals surface area (Å²) in [5.41, 5.74) is 1.04. The summed E-state index contributed by atoms with van der Waals surface area (Å²) in [4.78, 5) is 19.0. The fraction of sp³-hybridized carbons (Fsp3) is 0.391. The van der Waals surface area contributed by atoms with Crippen molar-refractivity contribution in [2.75, 3.05) is 38.1 Å². The molecule has 0 saturated heterocycles. The van der Waals surface area contributed by atoms with Gasteiger partial charge >= 0.3 is 0 Å². The van der Waals surface area contributed by atoms with E-state index in [1.54, 1.807) is 30.6 Å². The van der Waals surface area contributed by atoms with Gasteiger partial charge < -0.3 is 18.8 Å². The fourth-order valence-corrected chi connectivity index (χ4v) is 5.64. The zero-order valence-corrected chi connectivity index (χ0v) is 20.6. The number of methoxy groups -OCH3 is 1. The number of thiazole rings is 1. The molecular formula is C23H26N2O4S3. The third-order valence-corrected chi connectivity index (χ3v) is 7.68. The van der Waals surface area contributed by atoms with Gasteiger partial charge in [-0.1, -0.05) is 11.3 Å². The molecule has 0 aliphatic carbocycles. The molecule has 0 atom stereocenters. The second-order valence-electron chi connectivity index (χ2n) is 7.13. The monoisotopic (exact) mass is 490 g/mol. The maximum atomic E-state index is 12.6. The molecule has 4 rings (SSSR count). The van der Waals surface area contributed by atoms with Gasteiger partial charge in [0, 0.05) is 35.7 Å². The Hall–Kier alpha value is -2.10. The second-order valence-corrected chi connectivity index (χ2v) is 10.3. The highest BCUT2D eigenvalue weighted by Crippen LogP contribution is 2.35. The number of hydrogen-bond donors (Lipinski definition) is 0. The molecule has 1 aromatic heterocycles. The molecule has 0 spiro atoms. The highest BCUT2D eigenvalue weighted by Gasteiger charge is 2.16. The predicted octanol–water partition coefficient (Wildman–Crippen LogP) is 4.85. The van der Waals surface area contributed by atoms with Crippen molar-refractivity contribution in [3.05, 3.63) is 41.2 Å². The number of fused-ring (bicyclic) bond motifs is 2. The minimum Gasteiger partial charge on any atom is -0.497 e. The third-order valence-electron chi connectivity index (χ3n) is 4.95. The van der Waals surface area contributed by atoms with Gasteiger partial charge in [0.15, 0.2) is 16.3 Å². The van der Waals surface area contributed by atoms with Gasteiger partial charge in [0.2, 0.25) is 5.91 Å². The molecule has 0 bridgehead atoms. The Bertz CT molecular complexity index is 1140. The van der Waals surface area contributed by atoms with E-state index in [-0.39, 0.29) is 5.91 Å². The van der Waals surface area contributed by atoms with Crippen LogP contribution in [0.15, 0.2) is 46.3 Å². The lowest BCUT2D eigenvalue weighted by atomic mass is 10.2. The van der Waals surface area contributed by atoms with Crippen LogP contribution in [0, 0.1) is 0 Å².